The lowest BCUT2D eigenvalue weighted by Gasteiger charge is -2.35. The van der Waals surface area contributed by atoms with Gasteiger partial charge in [-0.2, -0.15) is 0 Å². The van der Waals surface area contributed by atoms with Gasteiger partial charge in [0.05, 0.1) is 36.2 Å². The highest BCUT2D eigenvalue weighted by Crippen LogP contribution is 2.46. The maximum absolute atomic E-state index is 12.5. The van der Waals surface area contributed by atoms with Crippen LogP contribution in [0.25, 0.3) is 0 Å². The Morgan fingerprint density at radius 1 is 0.632 bits per heavy atom. The van der Waals surface area contributed by atoms with E-state index in [0.29, 0.717) is 26.1 Å². The summed E-state index contributed by atoms with van der Waals surface area (Å²) in [4.78, 5) is 0. The third kappa shape index (κ3) is 14.2. The van der Waals surface area contributed by atoms with Crippen molar-refractivity contribution >= 4 is 28.2 Å². The van der Waals surface area contributed by atoms with E-state index in [1.165, 1.54) is 51.4 Å². The van der Waals surface area contributed by atoms with Crippen LogP contribution < -0.4 is 0 Å². The molecule has 2 aliphatic rings. The van der Waals surface area contributed by atoms with E-state index in [2.05, 4.69) is 32.4 Å². The molecule has 0 aliphatic heterocycles. The van der Waals surface area contributed by atoms with Crippen molar-refractivity contribution in [2.45, 2.75) is 130 Å². The first-order valence-electron chi connectivity index (χ1n) is 15.2. The Morgan fingerprint density at radius 3 is 1.32 bits per heavy atom. The second-order valence-corrected chi connectivity index (χ2v) is 18.1. The van der Waals surface area contributed by atoms with Crippen LogP contribution in [-0.4, -0.2) is 69.8 Å². The molecule has 10 heteroatoms. The van der Waals surface area contributed by atoms with Gasteiger partial charge >= 0.3 is 0 Å². The van der Waals surface area contributed by atoms with Crippen molar-refractivity contribution in [3.8, 4) is 0 Å². The predicted octanol–water partition coefficient (Wildman–Crippen LogP) is 6.92. The highest BCUT2D eigenvalue weighted by Gasteiger charge is 2.27. The summed E-state index contributed by atoms with van der Waals surface area (Å²) in [6.07, 6.45) is 14.7. The summed E-state index contributed by atoms with van der Waals surface area (Å²) in [6.45, 7) is 8.99. The van der Waals surface area contributed by atoms with E-state index < -0.39 is 28.2 Å². The van der Waals surface area contributed by atoms with Crippen LogP contribution in [0.1, 0.15) is 118 Å². The van der Waals surface area contributed by atoms with Crippen molar-refractivity contribution in [3.63, 3.8) is 0 Å². The minimum atomic E-state index is -3.06. The second kappa shape index (κ2) is 17.9. The smallest absolute Gasteiger partial charge is 0.259 e. The normalized spacial score (nSPS) is 17.6. The molecule has 0 aromatic rings. The molecule has 0 aromatic heterocycles. The SMILES string of the molecule is CC(C)N(C(C)C)P(OCCCS(=O)(=O)CCCCC1CCC1)OCCCS(=O)(=O)CCCCC1CCC1. The van der Waals surface area contributed by atoms with Gasteiger partial charge in [0.15, 0.2) is 0 Å². The number of hydrogen-bond acceptors (Lipinski definition) is 7. The van der Waals surface area contributed by atoms with Gasteiger partial charge < -0.3 is 9.05 Å². The summed E-state index contributed by atoms with van der Waals surface area (Å²) < 4.78 is 64.2. The van der Waals surface area contributed by atoms with E-state index in [4.69, 9.17) is 9.05 Å². The van der Waals surface area contributed by atoms with E-state index in [0.717, 1.165) is 37.5 Å². The maximum Gasteiger partial charge on any atom is 0.259 e. The Labute approximate surface area is 236 Å². The monoisotopic (exact) mass is 597 g/mol. The largest absolute Gasteiger partial charge is 0.322 e. The van der Waals surface area contributed by atoms with Gasteiger partial charge in [0.2, 0.25) is 0 Å². The standard InChI is InChI=1S/C28H56NO6PS2/c1-25(2)29(26(3)4)36(34-19-11-23-37(30,31)21-7-5-13-27-15-9-16-27)35-20-12-24-38(32,33)22-8-6-14-28-17-10-18-28/h25-28H,5-24H2,1-4H3. The van der Waals surface area contributed by atoms with Gasteiger partial charge in [0, 0.05) is 12.1 Å². The minimum absolute atomic E-state index is 0.141. The summed E-state index contributed by atoms with van der Waals surface area (Å²) in [5.74, 6) is 2.48. The van der Waals surface area contributed by atoms with E-state index in [9.17, 15) is 16.8 Å². The van der Waals surface area contributed by atoms with Gasteiger partial charge in [-0.05, 0) is 65.2 Å². The van der Waals surface area contributed by atoms with Crippen LogP contribution in [0.2, 0.25) is 0 Å². The first-order chi connectivity index (χ1) is 18.0. The molecule has 38 heavy (non-hydrogen) atoms. The molecule has 2 saturated carbocycles. The number of unbranched alkanes of at least 4 members (excludes halogenated alkanes) is 2. The molecule has 0 N–H and O–H groups in total. The molecule has 0 spiro atoms. The molecular formula is C28H56NO6PS2. The molecule has 7 nitrogen and oxygen atoms in total. The van der Waals surface area contributed by atoms with Crippen molar-refractivity contribution in [2.24, 2.45) is 11.8 Å². The fourth-order valence-corrected chi connectivity index (χ4v) is 9.74. The fraction of sp³-hybridized carbons (Fsp3) is 1.00. The zero-order valence-corrected chi connectivity index (χ0v) is 27.1. The van der Waals surface area contributed by atoms with Crippen LogP contribution in [-0.2, 0) is 28.7 Å². The zero-order chi connectivity index (χ0) is 28.0. The molecular weight excluding hydrogens is 541 g/mol. The number of rotatable bonds is 23. The van der Waals surface area contributed by atoms with Gasteiger partial charge in [-0.25, -0.2) is 21.5 Å². The minimum Gasteiger partial charge on any atom is -0.322 e. The predicted molar refractivity (Wildman–Crippen MR) is 160 cm³/mol. The van der Waals surface area contributed by atoms with Crippen LogP contribution in [0.4, 0.5) is 0 Å². The second-order valence-electron chi connectivity index (χ2n) is 12.1. The Morgan fingerprint density at radius 2 is 1.00 bits per heavy atom. The van der Waals surface area contributed by atoms with Crippen molar-refractivity contribution in [2.75, 3.05) is 36.2 Å². The van der Waals surface area contributed by atoms with Gasteiger partial charge in [0.1, 0.15) is 19.7 Å². The quantitative estimate of drug-likeness (QED) is 0.0933. The van der Waals surface area contributed by atoms with Crippen LogP contribution >= 0.6 is 8.53 Å². The zero-order valence-electron chi connectivity index (χ0n) is 24.6. The van der Waals surface area contributed by atoms with Gasteiger partial charge in [-0.15, -0.1) is 0 Å². The summed E-state index contributed by atoms with van der Waals surface area (Å²) in [7, 11) is -7.51. The van der Waals surface area contributed by atoms with Gasteiger partial charge in [-0.1, -0.05) is 64.2 Å². The third-order valence-corrected chi connectivity index (χ3v) is 13.7. The number of sulfone groups is 2. The van der Waals surface area contributed by atoms with Crippen molar-refractivity contribution in [3.05, 3.63) is 0 Å². The Kier molecular flexibility index (Phi) is 16.2. The summed E-state index contributed by atoms with van der Waals surface area (Å²) in [6, 6.07) is 0.389. The molecule has 2 aliphatic carbocycles. The molecule has 0 unspecified atom stereocenters. The molecule has 2 rings (SSSR count). The van der Waals surface area contributed by atoms with E-state index in [1.807, 2.05) is 0 Å². The Bertz CT molecular complexity index is 773. The highest BCUT2D eigenvalue weighted by atomic mass is 32.2. The van der Waals surface area contributed by atoms with Crippen LogP contribution in [0, 0.1) is 11.8 Å². The Balaban J connectivity index is 1.68. The number of nitrogens with zero attached hydrogens (tertiary/aromatic N) is 1. The molecule has 226 valence electrons. The van der Waals surface area contributed by atoms with Crippen molar-refractivity contribution < 1.29 is 25.9 Å². The molecule has 2 fully saturated rings. The van der Waals surface area contributed by atoms with E-state index >= 15 is 0 Å². The van der Waals surface area contributed by atoms with Crippen LogP contribution in [0.5, 0.6) is 0 Å². The third-order valence-electron chi connectivity index (χ3n) is 7.93. The fourth-order valence-electron chi connectivity index (χ4n) is 5.26. The lowest BCUT2D eigenvalue weighted by Crippen LogP contribution is -2.34. The van der Waals surface area contributed by atoms with Crippen LogP contribution in [0.15, 0.2) is 0 Å². The first-order valence-corrected chi connectivity index (χ1v) is 20.0. The summed E-state index contributed by atoms with van der Waals surface area (Å²) >= 11 is 0. The molecule has 0 heterocycles. The molecule has 0 atom stereocenters. The Hall–Kier alpha value is 0.210. The van der Waals surface area contributed by atoms with Crippen molar-refractivity contribution in [1.29, 1.82) is 0 Å². The van der Waals surface area contributed by atoms with Gasteiger partial charge in [0.25, 0.3) is 8.53 Å². The molecule has 0 aromatic carbocycles. The molecule has 0 amide bonds. The van der Waals surface area contributed by atoms with Crippen LogP contribution in [0.3, 0.4) is 0 Å². The van der Waals surface area contributed by atoms with E-state index in [-0.39, 0.29) is 35.1 Å². The maximum atomic E-state index is 12.5. The lowest BCUT2D eigenvalue weighted by atomic mass is 9.82. The molecule has 0 radical (unpaired) electrons. The average Bonchev–Trinajstić information content (AvgIpc) is 2.75. The topological polar surface area (TPSA) is 90.0 Å². The summed E-state index contributed by atoms with van der Waals surface area (Å²) in [5, 5.41) is 0. The first kappa shape index (κ1) is 34.4. The highest BCUT2D eigenvalue weighted by molar-refractivity contribution is 7.91. The van der Waals surface area contributed by atoms with Crippen molar-refractivity contribution in [1.82, 2.24) is 4.67 Å². The lowest BCUT2D eigenvalue weighted by molar-refractivity contribution is 0.175. The molecule has 0 saturated heterocycles. The molecule has 0 bridgehead atoms. The average molecular weight is 598 g/mol. The number of hydrogen-bond donors (Lipinski definition) is 0. The van der Waals surface area contributed by atoms with Gasteiger partial charge in [-0.3, -0.25) is 0 Å². The van der Waals surface area contributed by atoms with E-state index in [1.54, 1.807) is 0 Å². The summed E-state index contributed by atoms with van der Waals surface area (Å²) in [5.41, 5.74) is 0.